The van der Waals surface area contributed by atoms with Gasteiger partial charge in [-0.1, -0.05) is 0 Å². The van der Waals surface area contributed by atoms with Crippen LogP contribution in [0.4, 0.5) is 8.78 Å². The van der Waals surface area contributed by atoms with Crippen molar-refractivity contribution in [2.75, 3.05) is 13.1 Å². The number of fused-ring (bicyclic) bond motifs is 2. The average Bonchev–Trinajstić information content (AvgIpc) is 3.26. The lowest BCUT2D eigenvalue weighted by atomic mass is 10.1. The molecule has 0 unspecified atom stereocenters. The monoisotopic (exact) mass is 367 g/mol. The van der Waals surface area contributed by atoms with Gasteiger partial charge in [-0.15, -0.1) is 0 Å². The Labute approximate surface area is 154 Å². The molecule has 1 aliphatic heterocycles. The third-order valence-electron chi connectivity index (χ3n) is 5.22. The Balaban J connectivity index is 1.61. The number of hydrogen-bond donors (Lipinski definition) is 1. The van der Waals surface area contributed by atoms with Crippen LogP contribution in [0.15, 0.2) is 36.8 Å². The zero-order chi connectivity index (χ0) is 18.5. The first-order chi connectivity index (χ1) is 13.1. The van der Waals surface area contributed by atoms with Crippen LogP contribution in [0, 0.1) is 18.6 Å². The van der Waals surface area contributed by atoms with Crippen LogP contribution >= 0.6 is 0 Å². The van der Waals surface area contributed by atoms with Gasteiger partial charge in [-0.05, 0) is 56.6 Å². The Morgan fingerprint density at radius 1 is 1.00 bits per heavy atom. The number of benzene rings is 1. The van der Waals surface area contributed by atoms with Gasteiger partial charge in [-0.3, -0.25) is 4.68 Å². The Morgan fingerprint density at radius 2 is 1.78 bits per heavy atom. The lowest BCUT2D eigenvalue weighted by molar-refractivity contribution is 0.344. The smallest absolute Gasteiger partial charge is 0.173 e. The molecule has 4 heterocycles. The van der Waals surface area contributed by atoms with Crippen LogP contribution in [-0.4, -0.2) is 32.3 Å². The van der Waals surface area contributed by atoms with E-state index in [1.807, 2.05) is 23.9 Å². The van der Waals surface area contributed by atoms with Crippen LogP contribution in [0.5, 0.6) is 0 Å². The topological polar surface area (TPSA) is 47.1 Å². The summed E-state index contributed by atoms with van der Waals surface area (Å²) in [6.07, 6.45) is 7.38. The second-order valence-electron chi connectivity index (χ2n) is 7.18. The van der Waals surface area contributed by atoms with Gasteiger partial charge in [0.15, 0.2) is 17.3 Å². The van der Waals surface area contributed by atoms with Crippen molar-refractivity contribution in [3.63, 3.8) is 0 Å². The molecule has 5 rings (SSSR count). The minimum absolute atomic E-state index is 0.275. The second kappa shape index (κ2) is 6.13. The second-order valence-corrected chi connectivity index (χ2v) is 7.18. The van der Waals surface area contributed by atoms with E-state index in [0.29, 0.717) is 16.6 Å². The highest BCUT2D eigenvalue weighted by atomic mass is 19.1. The van der Waals surface area contributed by atoms with Crippen molar-refractivity contribution in [2.24, 2.45) is 0 Å². The van der Waals surface area contributed by atoms with Gasteiger partial charge in [0.1, 0.15) is 5.52 Å². The number of nitrogens with one attached hydrogen (secondary N) is 1. The normalized spacial score (nSPS) is 15.8. The lowest BCUT2D eigenvalue weighted by Crippen LogP contribution is -2.29. The van der Waals surface area contributed by atoms with Crippen LogP contribution in [0.1, 0.15) is 24.6 Å². The molecule has 1 aromatic carbocycles. The minimum Gasteiger partial charge on any atom is -0.317 e. The molecule has 1 aliphatic rings. The van der Waals surface area contributed by atoms with Crippen molar-refractivity contribution < 1.29 is 8.78 Å². The first kappa shape index (κ1) is 16.4. The summed E-state index contributed by atoms with van der Waals surface area (Å²) in [6, 6.07) is 4.98. The van der Waals surface area contributed by atoms with Crippen LogP contribution in [0.25, 0.3) is 27.7 Å². The first-order valence-electron chi connectivity index (χ1n) is 9.13. The van der Waals surface area contributed by atoms with Crippen molar-refractivity contribution in [1.82, 2.24) is 24.5 Å². The predicted octanol–water partition coefficient (Wildman–Crippen LogP) is 3.86. The molecule has 4 aromatic rings. The maximum Gasteiger partial charge on any atom is 0.173 e. The summed E-state index contributed by atoms with van der Waals surface area (Å²) < 4.78 is 32.7. The third kappa shape index (κ3) is 2.78. The fraction of sp³-hybridized carbons (Fsp3) is 0.300. The number of halogens is 2. The van der Waals surface area contributed by atoms with Crippen LogP contribution in [0.3, 0.4) is 0 Å². The number of aromatic nitrogens is 4. The van der Waals surface area contributed by atoms with Crippen molar-refractivity contribution in [2.45, 2.75) is 25.8 Å². The molecule has 0 spiro atoms. The quantitative estimate of drug-likeness (QED) is 0.585. The highest BCUT2D eigenvalue weighted by Gasteiger charge is 2.18. The van der Waals surface area contributed by atoms with E-state index in [9.17, 15) is 8.78 Å². The molecule has 1 fully saturated rings. The molecule has 0 bridgehead atoms. The van der Waals surface area contributed by atoms with Crippen LogP contribution in [-0.2, 0) is 0 Å². The van der Waals surface area contributed by atoms with Crippen molar-refractivity contribution >= 4 is 16.6 Å². The summed E-state index contributed by atoms with van der Waals surface area (Å²) in [4.78, 5) is 4.17. The number of nitrogens with zero attached hydrogens (tertiary/aromatic N) is 4. The van der Waals surface area contributed by atoms with Gasteiger partial charge in [0, 0.05) is 29.5 Å². The van der Waals surface area contributed by atoms with Gasteiger partial charge in [-0.2, -0.15) is 5.10 Å². The third-order valence-corrected chi connectivity index (χ3v) is 5.22. The molecule has 3 aromatic heterocycles. The molecule has 27 heavy (non-hydrogen) atoms. The standard InChI is InChI=1S/C20H19F2N5/c1-12-9-26-10-14(8-18(22)20(26)24-12)13-6-15-11-27(16-2-4-23-5-3-16)25-19(15)17(21)7-13/h6-11,16,23H,2-5H2,1H3. The number of rotatable bonds is 2. The van der Waals surface area contributed by atoms with Gasteiger partial charge < -0.3 is 9.72 Å². The van der Waals surface area contributed by atoms with Crippen molar-refractivity contribution in [3.8, 4) is 11.1 Å². The maximum atomic E-state index is 14.7. The Bertz CT molecular complexity index is 1150. The van der Waals surface area contributed by atoms with E-state index in [0.717, 1.165) is 37.0 Å². The molecule has 0 saturated carbocycles. The Kier molecular flexibility index (Phi) is 3.72. The molecule has 138 valence electrons. The highest BCUT2D eigenvalue weighted by Crippen LogP contribution is 2.29. The number of pyridine rings is 1. The molecule has 0 radical (unpaired) electrons. The number of piperidine rings is 1. The fourth-order valence-corrected chi connectivity index (χ4v) is 3.87. The van der Waals surface area contributed by atoms with E-state index in [1.165, 1.54) is 12.1 Å². The van der Waals surface area contributed by atoms with E-state index < -0.39 is 11.6 Å². The van der Waals surface area contributed by atoms with E-state index >= 15 is 0 Å². The van der Waals surface area contributed by atoms with Crippen molar-refractivity contribution in [3.05, 3.63) is 54.1 Å². The molecule has 0 amide bonds. The van der Waals surface area contributed by atoms with E-state index in [1.54, 1.807) is 16.8 Å². The molecule has 1 N–H and O–H groups in total. The number of imidazole rings is 1. The molecule has 5 nitrogen and oxygen atoms in total. The SMILES string of the molecule is Cc1cn2cc(-c3cc(F)c4nn(C5CCNCC5)cc4c3)cc(F)c2n1. The van der Waals surface area contributed by atoms with Gasteiger partial charge in [0.2, 0.25) is 0 Å². The number of aryl methyl sites for hydroxylation is 1. The zero-order valence-electron chi connectivity index (χ0n) is 14.9. The van der Waals surface area contributed by atoms with Gasteiger partial charge >= 0.3 is 0 Å². The summed E-state index contributed by atoms with van der Waals surface area (Å²) in [7, 11) is 0. The molecule has 7 heteroatoms. The Morgan fingerprint density at radius 3 is 2.59 bits per heavy atom. The van der Waals surface area contributed by atoms with Gasteiger partial charge in [0.25, 0.3) is 0 Å². The van der Waals surface area contributed by atoms with Gasteiger partial charge in [-0.25, -0.2) is 13.8 Å². The summed E-state index contributed by atoms with van der Waals surface area (Å²) in [6.45, 7) is 3.70. The molecule has 0 atom stereocenters. The van der Waals surface area contributed by atoms with Gasteiger partial charge in [0.05, 0.1) is 11.7 Å². The molecule has 1 saturated heterocycles. The first-order valence-corrected chi connectivity index (χ1v) is 9.13. The molecule has 0 aliphatic carbocycles. The lowest BCUT2D eigenvalue weighted by Gasteiger charge is -2.22. The predicted molar refractivity (Wildman–Crippen MR) is 99.7 cm³/mol. The van der Waals surface area contributed by atoms with Crippen molar-refractivity contribution in [1.29, 1.82) is 0 Å². The summed E-state index contributed by atoms with van der Waals surface area (Å²) >= 11 is 0. The summed E-state index contributed by atoms with van der Waals surface area (Å²) in [5.41, 5.74) is 2.59. The summed E-state index contributed by atoms with van der Waals surface area (Å²) in [5, 5.41) is 8.52. The van der Waals surface area contributed by atoms with Crippen LogP contribution in [0.2, 0.25) is 0 Å². The highest BCUT2D eigenvalue weighted by molar-refractivity contribution is 5.85. The Hall–Kier alpha value is -2.80. The van der Waals surface area contributed by atoms with Crippen LogP contribution < -0.4 is 5.32 Å². The van der Waals surface area contributed by atoms with E-state index in [2.05, 4.69) is 15.4 Å². The minimum atomic E-state index is -0.425. The largest absolute Gasteiger partial charge is 0.317 e. The number of hydrogen-bond acceptors (Lipinski definition) is 3. The molecular weight excluding hydrogens is 348 g/mol. The fourth-order valence-electron chi connectivity index (χ4n) is 3.87. The van der Waals surface area contributed by atoms with E-state index in [-0.39, 0.29) is 11.7 Å². The molecular formula is C20H19F2N5. The van der Waals surface area contributed by atoms with E-state index in [4.69, 9.17) is 0 Å². The average molecular weight is 367 g/mol. The maximum absolute atomic E-state index is 14.7. The zero-order valence-corrected chi connectivity index (χ0v) is 14.9. The summed E-state index contributed by atoms with van der Waals surface area (Å²) in [5.74, 6) is -0.816.